The van der Waals surface area contributed by atoms with Gasteiger partial charge in [0.05, 0.1) is 5.69 Å². The van der Waals surface area contributed by atoms with Gasteiger partial charge in [0.1, 0.15) is 4.88 Å². The molecule has 0 radical (unpaired) electrons. The molecule has 0 aliphatic carbocycles. The zero-order valence-corrected chi connectivity index (χ0v) is 11.0. The van der Waals surface area contributed by atoms with Gasteiger partial charge in [-0.05, 0) is 39.0 Å². The van der Waals surface area contributed by atoms with Gasteiger partial charge in [0.2, 0.25) is 0 Å². The van der Waals surface area contributed by atoms with E-state index >= 15 is 0 Å². The Morgan fingerprint density at radius 2 is 2.25 bits per heavy atom. The van der Waals surface area contributed by atoms with Crippen molar-refractivity contribution in [3.05, 3.63) is 10.6 Å². The smallest absolute Gasteiger partial charge is 0.265 e. The minimum Gasteiger partial charge on any atom is -0.350 e. The van der Waals surface area contributed by atoms with Gasteiger partial charge in [0, 0.05) is 12.6 Å². The predicted octanol–water partition coefficient (Wildman–Crippen LogP) is 0.780. The molecular formula is C10H18N4OS. The zero-order chi connectivity index (χ0) is 12.1. The van der Waals surface area contributed by atoms with E-state index in [2.05, 4.69) is 26.7 Å². The van der Waals surface area contributed by atoms with E-state index < -0.39 is 0 Å². The summed E-state index contributed by atoms with van der Waals surface area (Å²) in [5.74, 6) is -0.0689. The molecule has 1 amide bonds. The summed E-state index contributed by atoms with van der Waals surface area (Å²) in [7, 11) is 3.98. The summed E-state index contributed by atoms with van der Waals surface area (Å²) in [6, 6.07) is 0.315. The first kappa shape index (κ1) is 13.1. The lowest BCUT2D eigenvalue weighted by molar-refractivity contribution is 0.0946. The molecule has 90 valence electrons. The number of amides is 1. The molecule has 0 aliphatic rings. The highest BCUT2D eigenvalue weighted by atomic mass is 32.1. The predicted molar refractivity (Wildman–Crippen MR) is 64.8 cm³/mol. The second-order valence-corrected chi connectivity index (χ2v) is 4.68. The van der Waals surface area contributed by atoms with Crippen LogP contribution in [0.5, 0.6) is 0 Å². The van der Waals surface area contributed by atoms with Gasteiger partial charge in [0.25, 0.3) is 5.91 Å². The highest BCUT2D eigenvalue weighted by Gasteiger charge is 2.15. The molecule has 0 aromatic carbocycles. The summed E-state index contributed by atoms with van der Waals surface area (Å²) in [5, 5.41) is 6.81. The molecule has 1 N–H and O–H groups in total. The molecule has 0 bridgehead atoms. The van der Waals surface area contributed by atoms with Gasteiger partial charge in [0.15, 0.2) is 0 Å². The molecule has 1 aromatic rings. The van der Waals surface area contributed by atoms with Gasteiger partial charge in [-0.1, -0.05) is 11.4 Å². The molecule has 0 fully saturated rings. The van der Waals surface area contributed by atoms with Crippen molar-refractivity contribution in [1.29, 1.82) is 0 Å². The highest BCUT2D eigenvalue weighted by Crippen LogP contribution is 2.10. The van der Waals surface area contributed by atoms with Crippen molar-refractivity contribution in [3.63, 3.8) is 0 Å². The second-order valence-electron chi connectivity index (χ2n) is 3.92. The number of carbonyl (C=O) groups excluding carboxylic acids is 1. The Balaban J connectivity index is 2.53. The molecule has 1 heterocycles. The van der Waals surface area contributed by atoms with E-state index in [9.17, 15) is 4.79 Å². The minimum absolute atomic E-state index is 0.0689. The van der Waals surface area contributed by atoms with Gasteiger partial charge >= 0.3 is 0 Å². The molecular weight excluding hydrogens is 224 g/mol. The number of nitrogens with zero attached hydrogens (tertiary/aromatic N) is 3. The van der Waals surface area contributed by atoms with E-state index in [1.807, 2.05) is 21.0 Å². The molecule has 6 heteroatoms. The number of aryl methyl sites for hydroxylation is 1. The van der Waals surface area contributed by atoms with E-state index in [4.69, 9.17) is 0 Å². The van der Waals surface area contributed by atoms with Crippen molar-refractivity contribution in [2.45, 2.75) is 26.3 Å². The number of aromatic nitrogens is 2. The first-order chi connectivity index (χ1) is 7.56. The van der Waals surface area contributed by atoms with Gasteiger partial charge in [-0.15, -0.1) is 5.10 Å². The van der Waals surface area contributed by atoms with E-state index in [1.54, 1.807) is 0 Å². The minimum atomic E-state index is -0.0689. The third-order valence-corrected chi connectivity index (χ3v) is 3.30. The number of nitrogens with one attached hydrogen (secondary N) is 1. The van der Waals surface area contributed by atoms with Crippen LogP contribution in [-0.2, 0) is 6.42 Å². The summed E-state index contributed by atoms with van der Waals surface area (Å²) in [6.45, 7) is 4.66. The Bertz CT molecular complexity index is 350. The summed E-state index contributed by atoms with van der Waals surface area (Å²) >= 11 is 1.16. The van der Waals surface area contributed by atoms with Crippen LogP contribution >= 0.6 is 11.5 Å². The van der Waals surface area contributed by atoms with Crippen LogP contribution < -0.4 is 5.32 Å². The maximum absolute atomic E-state index is 11.8. The molecule has 0 unspecified atom stereocenters. The van der Waals surface area contributed by atoms with Gasteiger partial charge < -0.3 is 10.2 Å². The molecule has 16 heavy (non-hydrogen) atoms. The van der Waals surface area contributed by atoms with Crippen LogP contribution in [-0.4, -0.2) is 47.1 Å². The van der Waals surface area contributed by atoms with E-state index in [1.165, 1.54) is 0 Å². The fraction of sp³-hybridized carbons (Fsp3) is 0.700. The van der Waals surface area contributed by atoms with Crippen molar-refractivity contribution in [3.8, 4) is 0 Å². The van der Waals surface area contributed by atoms with Crippen LogP contribution in [0.4, 0.5) is 0 Å². The lowest BCUT2D eigenvalue weighted by Gasteiger charge is -2.19. The van der Waals surface area contributed by atoms with Crippen LogP contribution in [0.2, 0.25) is 0 Å². The van der Waals surface area contributed by atoms with E-state index in [0.29, 0.717) is 17.5 Å². The van der Waals surface area contributed by atoms with Crippen LogP contribution in [0.1, 0.15) is 29.2 Å². The van der Waals surface area contributed by atoms with Crippen molar-refractivity contribution in [2.75, 3.05) is 20.6 Å². The SMILES string of the molecule is CCc1nnsc1C(=O)NC[C@H](C)N(C)C. The summed E-state index contributed by atoms with van der Waals surface area (Å²) in [5.41, 5.74) is 0.778. The topological polar surface area (TPSA) is 58.1 Å². The average Bonchev–Trinajstić information content (AvgIpc) is 2.73. The third-order valence-electron chi connectivity index (χ3n) is 2.54. The molecule has 1 aromatic heterocycles. The van der Waals surface area contributed by atoms with Crippen LogP contribution in [0.25, 0.3) is 0 Å². The van der Waals surface area contributed by atoms with Crippen LogP contribution in [0.3, 0.4) is 0 Å². The largest absolute Gasteiger partial charge is 0.350 e. The molecule has 1 rings (SSSR count). The standard InChI is InChI=1S/C10H18N4OS/c1-5-8-9(16-13-12-8)10(15)11-6-7(2)14(3)4/h7H,5-6H2,1-4H3,(H,11,15)/t7-/m0/s1. The number of carbonyl (C=O) groups is 1. The Morgan fingerprint density at radius 1 is 1.56 bits per heavy atom. The Morgan fingerprint density at radius 3 is 2.81 bits per heavy atom. The molecule has 0 saturated carbocycles. The maximum atomic E-state index is 11.8. The van der Waals surface area contributed by atoms with E-state index in [-0.39, 0.29) is 5.91 Å². The fourth-order valence-corrected chi connectivity index (χ4v) is 1.78. The summed E-state index contributed by atoms with van der Waals surface area (Å²) in [4.78, 5) is 14.5. The number of hydrogen-bond acceptors (Lipinski definition) is 5. The third kappa shape index (κ3) is 3.24. The van der Waals surface area contributed by atoms with Crippen LogP contribution in [0.15, 0.2) is 0 Å². The Hall–Kier alpha value is -1.01. The second kappa shape index (κ2) is 5.91. The monoisotopic (exact) mass is 242 g/mol. The quantitative estimate of drug-likeness (QED) is 0.829. The molecule has 5 nitrogen and oxygen atoms in total. The Kier molecular flexibility index (Phi) is 4.82. The lowest BCUT2D eigenvalue weighted by Crippen LogP contribution is -2.38. The van der Waals surface area contributed by atoms with Crippen molar-refractivity contribution >= 4 is 17.4 Å². The number of rotatable bonds is 5. The summed E-state index contributed by atoms with van der Waals surface area (Å²) < 4.78 is 3.80. The zero-order valence-electron chi connectivity index (χ0n) is 10.1. The normalized spacial score (nSPS) is 12.8. The Labute approximate surface area is 100 Å². The van der Waals surface area contributed by atoms with Crippen LogP contribution in [0, 0.1) is 0 Å². The van der Waals surface area contributed by atoms with E-state index in [0.717, 1.165) is 23.6 Å². The average molecular weight is 242 g/mol. The molecule has 1 atom stereocenters. The molecule has 0 spiro atoms. The van der Waals surface area contributed by atoms with Crippen molar-refractivity contribution in [1.82, 2.24) is 19.8 Å². The summed E-state index contributed by atoms with van der Waals surface area (Å²) in [6.07, 6.45) is 0.739. The van der Waals surface area contributed by atoms with Gasteiger partial charge in [-0.2, -0.15) is 0 Å². The lowest BCUT2D eigenvalue weighted by atomic mass is 10.2. The molecule has 0 aliphatic heterocycles. The maximum Gasteiger partial charge on any atom is 0.265 e. The highest BCUT2D eigenvalue weighted by molar-refractivity contribution is 7.08. The molecule has 0 saturated heterocycles. The first-order valence-corrected chi connectivity index (χ1v) is 6.09. The number of likely N-dealkylation sites (N-methyl/N-ethyl adjacent to an activating group) is 1. The van der Waals surface area contributed by atoms with Crippen molar-refractivity contribution < 1.29 is 4.79 Å². The first-order valence-electron chi connectivity index (χ1n) is 5.32. The fourth-order valence-electron chi connectivity index (χ4n) is 1.12. The van der Waals surface area contributed by atoms with Gasteiger partial charge in [-0.25, -0.2) is 0 Å². The number of hydrogen-bond donors (Lipinski definition) is 1. The van der Waals surface area contributed by atoms with Gasteiger partial charge in [-0.3, -0.25) is 4.79 Å². The van der Waals surface area contributed by atoms with Crippen molar-refractivity contribution in [2.24, 2.45) is 0 Å².